The van der Waals surface area contributed by atoms with Gasteiger partial charge in [0.25, 0.3) is 5.91 Å². The lowest BCUT2D eigenvalue weighted by molar-refractivity contribution is 0.0599. The van der Waals surface area contributed by atoms with Crippen LogP contribution in [0.4, 0.5) is 5.69 Å². The largest absolute Gasteiger partial charge is 0.496 e. The molecule has 6 heteroatoms. The number of nitrogens with one attached hydrogen (secondary N) is 1. The predicted octanol–water partition coefficient (Wildman–Crippen LogP) is 3.05. The van der Waals surface area contributed by atoms with Crippen LogP contribution >= 0.6 is 0 Å². The standard InChI is InChI=1S/C18H19NO5/c1-11-12(18(21)24-4)7-5-8-13(11)19-17(20)16-14(22-2)9-6-10-15(16)23-3/h5-10H,1-4H3,(H,19,20). The molecular weight excluding hydrogens is 310 g/mol. The van der Waals surface area contributed by atoms with Gasteiger partial charge in [0.15, 0.2) is 0 Å². The first-order chi connectivity index (χ1) is 11.5. The van der Waals surface area contributed by atoms with Crippen LogP contribution in [0.5, 0.6) is 11.5 Å². The molecule has 1 amide bonds. The molecule has 1 N–H and O–H groups in total. The maximum atomic E-state index is 12.7. The number of hydrogen-bond acceptors (Lipinski definition) is 5. The van der Waals surface area contributed by atoms with E-state index in [-0.39, 0.29) is 5.56 Å². The average Bonchev–Trinajstić information content (AvgIpc) is 2.61. The lowest BCUT2D eigenvalue weighted by Gasteiger charge is -2.15. The number of ether oxygens (including phenoxy) is 3. The second-order valence-corrected chi connectivity index (χ2v) is 4.96. The molecule has 24 heavy (non-hydrogen) atoms. The summed E-state index contributed by atoms with van der Waals surface area (Å²) in [5, 5.41) is 2.79. The fraction of sp³-hybridized carbons (Fsp3) is 0.222. The van der Waals surface area contributed by atoms with Crippen molar-refractivity contribution in [3.8, 4) is 11.5 Å². The Balaban J connectivity index is 2.40. The van der Waals surface area contributed by atoms with Gasteiger partial charge in [-0.05, 0) is 36.8 Å². The lowest BCUT2D eigenvalue weighted by atomic mass is 10.1. The summed E-state index contributed by atoms with van der Waals surface area (Å²) in [5.74, 6) is -0.0601. The zero-order chi connectivity index (χ0) is 17.7. The van der Waals surface area contributed by atoms with Crippen LogP contribution in [0.2, 0.25) is 0 Å². The van der Waals surface area contributed by atoms with Crippen molar-refractivity contribution in [2.45, 2.75) is 6.92 Å². The minimum Gasteiger partial charge on any atom is -0.496 e. The minimum absolute atomic E-state index is 0.283. The van der Waals surface area contributed by atoms with Crippen LogP contribution < -0.4 is 14.8 Å². The Bertz CT molecular complexity index is 748. The third kappa shape index (κ3) is 3.32. The average molecular weight is 329 g/mol. The highest BCUT2D eigenvalue weighted by Gasteiger charge is 2.20. The summed E-state index contributed by atoms with van der Waals surface area (Å²) in [6, 6.07) is 10.1. The highest BCUT2D eigenvalue weighted by molar-refractivity contribution is 6.09. The first-order valence-electron chi connectivity index (χ1n) is 7.23. The Kier molecular flexibility index (Phi) is 5.42. The van der Waals surface area contributed by atoms with Gasteiger partial charge in [-0.1, -0.05) is 12.1 Å². The summed E-state index contributed by atoms with van der Waals surface area (Å²) >= 11 is 0. The molecule has 0 saturated carbocycles. The van der Waals surface area contributed by atoms with Crippen molar-refractivity contribution in [3.63, 3.8) is 0 Å². The van der Waals surface area contributed by atoms with E-state index in [1.807, 2.05) is 0 Å². The number of anilines is 1. The van der Waals surface area contributed by atoms with Gasteiger partial charge in [-0.15, -0.1) is 0 Å². The Morgan fingerprint density at radius 1 is 0.917 bits per heavy atom. The zero-order valence-electron chi connectivity index (χ0n) is 14.0. The minimum atomic E-state index is -0.460. The summed E-state index contributed by atoms with van der Waals surface area (Å²) in [7, 11) is 4.27. The number of methoxy groups -OCH3 is 3. The van der Waals surface area contributed by atoms with E-state index in [0.29, 0.717) is 28.3 Å². The van der Waals surface area contributed by atoms with E-state index in [2.05, 4.69) is 5.32 Å². The van der Waals surface area contributed by atoms with Gasteiger partial charge in [0.05, 0.1) is 26.9 Å². The fourth-order valence-electron chi connectivity index (χ4n) is 2.36. The number of carbonyl (C=O) groups is 2. The molecule has 0 fully saturated rings. The van der Waals surface area contributed by atoms with E-state index in [1.165, 1.54) is 21.3 Å². The van der Waals surface area contributed by atoms with Crippen molar-refractivity contribution in [2.75, 3.05) is 26.6 Å². The molecule has 0 aliphatic rings. The first-order valence-corrected chi connectivity index (χ1v) is 7.23. The van der Waals surface area contributed by atoms with Gasteiger partial charge in [-0.2, -0.15) is 0 Å². The summed E-state index contributed by atoms with van der Waals surface area (Å²) in [5.41, 5.74) is 1.80. The van der Waals surface area contributed by atoms with Crippen LogP contribution in [0.25, 0.3) is 0 Å². The van der Waals surface area contributed by atoms with E-state index in [9.17, 15) is 9.59 Å². The van der Waals surface area contributed by atoms with Crippen molar-refractivity contribution in [3.05, 3.63) is 53.1 Å². The molecule has 6 nitrogen and oxygen atoms in total. The van der Waals surface area contributed by atoms with Gasteiger partial charge in [0.2, 0.25) is 0 Å². The summed E-state index contributed by atoms with van der Waals surface area (Å²) in [6.45, 7) is 1.74. The molecule has 126 valence electrons. The summed E-state index contributed by atoms with van der Waals surface area (Å²) in [4.78, 5) is 24.5. The van der Waals surface area contributed by atoms with Crippen molar-refractivity contribution >= 4 is 17.6 Å². The van der Waals surface area contributed by atoms with Crippen LogP contribution in [-0.4, -0.2) is 33.2 Å². The number of benzene rings is 2. The van der Waals surface area contributed by atoms with E-state index < -0.39 is 11.9 Å². The van der Waals surface area contributed by atoms with Crippen molar-refractivity contribution < 1.29 is 23.8 Å². The predicted molar refractivity (Wildman–Crippen MR) is 90.0 cm³/mol. The molecular formula is C18H19NO5. The zero-order valence-corrected chi connectivity index (χ0v) is 14.0. The van der Waals surface area contributed by atoms with Crippen LogP contribution in [0.15, 0.2) is 36.4 Å². The Labute approximate surface area is 140 Å². The number of rotatable bonds is 5. The number of hydrogen-bond donors (Lipinski definition) is 1. The third-order valence-corrected chi connectivity index (χ3v) is 3.64. The Morgan fingerprint density at radius 3 is 2.04 bits per heavy atom. The van der Waals surface area contributed by atoms with E-state index >= 15 is 0 Å². The van der Waals surface area contributed by atoms with Gasteiger partial charge in [-0.25, -0.2) is 4.79 Å². The van der Waals surface area contributed by atoms with Crippen LogP contribution in [0.3, 0.4) is 0 Å². The molecule has 0 atom stereocenters. The summed E-state index contributed by atoms with van der Waals surface area (Å²) in [6.07, 6.45) is 0. The third-order valence-electron chi connectivity index (χ3n) is 3.64. The molecule has 0 bridgehead atoms. The van der Waals surface area contributed by atoms with E-state index in [4.69, 9.17) is 14.2 Å². The molecule has 0 aliphatic carbocycles. The molecule has 0 spiro atoms. The van der Waals surface area contributed by atoms with Crippen LogP contribution in [-0.2, 0) is 4.74 Å². The van der Waals surface area contributed by atoms with Gasteiger partial charge < -0.3 is 19.5 Å². The highest BCUT2D eigenvalue weighted by Crippen LogP contribution is 2.30. The summed E-state index contributed by atoms with van der Waals surface area (Å²) < 4.78 is 15.2. The lowest BCUT2D eigenvalue weighted by Crippen LogP contribution is -2.16. The Morgan fingerprint density at radius 2 is 1.50 bits per heavy atom. The van der Waals surface area contributed by atoms with Gasteiger partial charge in [0.1, 0.15) is 17.1 Å². The first kappa shape index (κ1) is 17.3. The second-order valence-electron chi connectivity index (χ2n) is 4.96. The monoisotopic (exact) mass is 329 g/mol. The molecule has 0 unspecified atom stereocenters. The van der Waals surface area contributed by atoms with Gasteiger partial charge in [0, 0.05) is 5.69 Å². The van der Waals surface area contributed by atoms with Gasteiger partial charge in [-0.3, -0.25) is 4.79 Å². The van der Waals surface area contributed by atoms with Crippen LogP contribution in [0, 0.1) is 6.92 Å². The highest BCUT2D eigenvalue weighted by atomic mass is 16.5. The molecule has 0 radical (unpaired) electrons. The molecule has 2 aromatic rings. The van der Waals surface area contributed by atoms with Gasteiger partial charge >= 0.3 is 5.97 Å². The molecule has 0 heterocycles. The maximum absolute atomic E-state index is 12.7. The normalized spacial score (nSPS) is 10.0. The molecule has 0 aliphatic heterocycles. The van der Waals surface area contributed by atoms with Crippen LogP contribution in [0.1, 0.15) is 26.3 Å². The SMILES string of the molecule is COC(=O)c1cccc(NC(=O)c2c(OC)cccc2OC)c1C. The number of amides is 1. The second kappa shape index (κ2) is 7.50. The van der Waals surface area contributed by atoms with Crippen molar-refractivity contribution in [1.82, 2.24) is 0 Å². The topological polar surface area (TPSA) is 73.9 Å². The smallest absolute Gasteiger partial charge is 0.338 e. The Hall–Kier alpha value is -3.02. The number of carbonyl (C=O) groups excluding carboxylic acids is 2. The quantitative estimate of drug-likeness (QED) is 0.854. The molecule has 2 aromatic carbocycles. The number of esters is 1. The van der Waals surface area contributed by atoms with E-state index in [0.717, 1.165) is 0 Å². The molecule has 0 aromatic heterocycles. The van der Waals surface area contributed by atoms with E-state index in [1.54, 1.807) is 43.3 Å². The fourth-order valence-corrected chi connectivity index (χ4v) is 2.36. The molecule has 0 saturated heterocycles. The van der Waals surface area contributed by atoms with Crippen molar-refractivity contribution in [1.29, 1.82) is 0 Å². The maximum Gasteiger partial charge on any atom is 0.338 e. The van der Waals surface area contributed by atoms with Crippen molar-refractivity contribution in [2.24, 2.45) is 0 Å². The molecule has 2 rings (SSSR count).